The van der Waals surface area contributed by atoms with Crippen LogP contribution in [0.3, 0.4) is 0 Å². The summed E-state index contributed by atoms with van der Waals surface area (Å²) in [6.45, 7) is -1.16. The fourth-order valence-electron chi connectivity index (χ4n) is 3.91. The zero-order chi connectivity index (χ0) is 23.2. The van der Waals surface area contributed by atoms with E-state index in [-0.39, 0.29) is 18.0 Å². The molecule has 0 amide bonds. The molecule has 4 rings (SSSR count). The van der Waals surface area contributed by atoms with Gasteiger partial charge in [-0.05, 0) is 42.2 Å². The number of anilines is 1. The van der Waals surface area contributed by atoms with E-state index >= 15 is 0 Å². The summed E-state index contributed by atoms with van der Waals surface area (Å²) in [4.78, 5) is 15.0. The lowest BCUT2D eigenvalue weighted by atomic mass is 10.0. The second-order valence-electron chi connectivity index (χ2n) is 7.69. The standard InChI is InChI=1S/C22H23F2N5O3S/c1-31-21(15-4-2-5-16(11-15)32-22(23)24)17(30)12-20-28-27-19(33-20)10-14-7-9-29(13-14)18-6-3-8-25-26-18/h2-6,8,11,14,21-22H,7,9-10,12-13H2,1H3/t14-,21+/m0/s1. The first-order valence-electron chi connectivity index (χ1n) is 10.5. The Balaban J connectivity index is 1.34. The normalized spacial score (nSPS) is 16.8. The Hall–Kier alpha value is -3.05. The molecule has 0 unspecified atom stereocenters. The van der Waals surface area contributed by atoms with Gasteiger partial charge < -0.3 is 14.4 Å². The highest BCUT2D eigenvalue weighted by atomic mass is 32.1. The monoisotopic (exact) mass is 475 g/mol. The lowest BCUT2D eigenvalue weighted by Gasteiger charge is -2.16. The Kier molecular flexibility index (Phi) is 7.50. The van der Waals surface area contributed by atoms with Gasteiger partial charge >= 0.3 is 6.61 Å². The maximum atomic E-state index is 12.8. The number of methoxy groups -OCH3 is 1. The number of aromatic nitrogens is 4. The fourth-order valence-corrected chi connectivity index (χ4v) is 4.88. The number of ketones is 1. The average Bonchev–Trinajstić information content (AvgIpc) is 3.44. The third-order valence-corrected chi connectivity index (χ3v) is 6.33. The predicted octanol–water partition coefficient (Wildman–Crippen LogP) is 3.50. The molecule has 0 N–H and O–H groups in total. The molecule has 3 aromatic rings. The van der Waals surface area contributed by atoms with E-state index in [0.717, 1.165) is 36.8 Å². The highest BCUT2D eigenvalue weighted by Crippen LogP contribution is 2.28. The molecule has 0 saturated carbocycles. The van der Waals surface area contributed by atoms with Crippen LogP contribution in [0.1, 0.15) is 28.1 Å². The number of ether oxygens (including phenoxy) is 2. The summed E-state index contributed by atoms with van der Waals surface area (Å²) in [7, 11) is 1.40. The molecule has 1 saturated heterocycles. The summed E-state index contributed by atoms with van der Waals surface area (Å²) in [5.74, 6) is 1.04. The van der Waals surface area contributed by atoms with Crippen molar-refractivity contribution in [3.05, 3.63) is 58.2 Å². The van der Waals surface area contributed by atoms with Gasteiger partial charge in [-0.25, -0.2) is 0 Å². The largest absolute Gasteiger partial charge is 0.435 e. The molecule has 11 heteroatoms. The number of hydrogen-bond acceptors (Lipinski definition) is 9. The molecule has 0 spiro atoms. The summed E-state index contributed by atoms with van der Waals surface area (Å²) in [5.41, 5.74) is 0.445. The van der Waals surface area contributed by atoms with Gasteiger partial charge in [-0.1, -0.05) is 12.1 Å². The van der Waals surface area contributed by atoms with E-state index in [1.165, 1.54) is 30.6 Å². The van der Waals surface area contributed by atoms with Gasteiger partial charge in [0.25, 0.3) is 0 Å². The van der Waals surface area contributed by atoms with Gasteiger partial charge in [0.1, 0.15) is 21.9 Å². The SMILES string of the molecule is CO[C@@H](C(=O)Cc1nnc(C[C@@H]2CCN(c3cccnn3)C2)s1)c1cccc(OC(F)F)c1. The maximum absolute atomic E-state index is 12.8. The minimum absolute atomic E-state index is 0.0253. The van der Waals surface area contributed by atoms with Crippen LogP contribution in [0.4, 0.5) is 14.6 Å². The lowest BCUT2D eigenvalue weighted by Crippen LogP contribution is -2.21. The minimum atomic E-state index is -2.94. The van der Waals surface area contributed by atoms with Crippen LogP contribution in [-0.4, -0.2) is 53.0 Å². The Bertz CT molecular complexity index is 1070. The highest BCUT2D eigenvalue weighted by molar-refractivity contribution is 7.11. The van der Waals surface area contributed by atoms with Gasteiger partial charge in [0.2, 0.25) is 0 Å². The van der Waals surface area contributed by atoms with Gasteiger partial charge in [-0.15, -0.1) is 26.6 Å². The molecular weight excluding hydrogens is 452 g/mol. The van der Waals surface area contributed by atoms with E-state index in [9.17, 15) is 13.6 Å². The molecule has 0 aliphatic carbocycles. The molecule has 33 heavy (non-hydrogen) atoms. The van der Waals surface area contributed by atoms with Gasteiger partial charge in [0, 0.05) is 32.8 Å². The van der Waals surface area contributed by atoms with Crippen molar-refractivity contribution in [1.29, 1.82) is 0 Å². The van der Waals surface area contributed by atoms with Crippen LogP contribution >= 0.6 is 11.3 Å². The average molecular weight is 476 g/mol. The number of carbonyl (C=O) groups is 1. The van der Waals surface area contributed by atoms with Gasteiger partial charge in [0.15, 0.2) is 11.6 Å². The van der Waals surface area contributed by atoms with Crippen molar-refractivity contribution in [2.24, 2.45) is 5.92 Å². The van der Waals surface area contributed by atoms with Crippen LogP contribution in [-0.2, 0) is 22.4 Å². The Morgan fingerprint density at radius 2 is 2.06 bits per heavy atom. The summed E-state index contributed by atoms with van der Waals surface area (Å²) in [6, 6.07) is 9.79. The molecule has 1 fully saturated rings. The second kappa shape index (κ2) is 10.7. The van der Waals surface area contributed by atoms with Crippen molar-refractivity contribution in [1.82, 2.24) is 20.4 Å². The van der Waals surface area contributed by atoms with E-state index < -0.39 is 12.7 Å². The topological polar surface area (TPSA) is 90.3 Å². The first kappa shape index (κ1) is 23.1. The summed E-state index contributed by atoms with van der Waals surface area (Å²) in [5, 5.41) is 18.0. The van der Waals surface area contributed by atoms with Crippen molar-refractivity contribution in [2.45, 2.75) is 32.0 Å². The van der Waals surface area contributed by atoms with Gasteiger partial charge in [-0.3, -0.25) is 4.79 Å². The van der Waals surface area contributed by atoms with Crippen molar-refractivity contribution in [3.8, 4) is 5.75 Å². The number of hydrogen-bond donors (Lipinski definition) is 0. The van der Waals surface area contributed by atoms with Gasteiger partial charge in [0.05, 0.1) is 6.42 Å². The van der Waals surface area contributed by atoms with Crippen LogP contribution in [0.25, 0.3) is 0 Å². The number of nitrogens with zero attached hydrogens (tertiary/aromatic N) is 5. The zero-order valence-electron chi connectivity index (χ0n) is 17.9. The minimum Gasteiger partial charge on any atom is -0.435 e. The summed E-state index contributed by atoms with van der Waals surface area (Å²) < 4.78 is 34.8. The molecule has 0 bridgehead atoms. The molecule has 1 aromatic carbocycles. The van der Waals surface area contributed by atoms with E-state index in [1.807, 2.05) is 12.1 Å². The molecule has 174 valence electrons. The molecule has 1 aliphatic heterocycles. The second-order valence-corrected chi connectivity index (χ2v) is 8.83. The van der Waals surface area contributed by atoms with Crippen molar-refractivity contribution < 1.29 is 23.0 Å². The van der Waals surface area contributed by atoms with E-state index in [2.05, 4.69) is 30.0 Å². The molecule has 8 nitrogen and oxygen atoms in total. The maximum Gasteiger partial charge on any atom is 0.387 e. The highest BCUT2D eigenvalue weighted by Gasteiger charge is 2.26. The van der Waals surface area contributed by atoms with E-state index in [1.54, 1.807) is 18.3 Å². The van der Waals surface area contributed by atoms with Crippen LogP contribution in [0.15, 0.2) is 42.6 Å². The third kappa shape index (κ3) is 6.05. The van der Waals surface area contributed by atoms with Crippen molar-refractivity contribution in [3.63, 3.8) is 0 Å². The van der Waals surface area contributed by atoms with Crippen LogP contribution < -0.4 is 9.64 Å². The molecule has 3 heterocycles. The summed E-state index contributed by atoms with van der Waals surface area (Å²) in [6.07, 6.45) is 2.60. The number of benzene rings is 1. The first-order valence-corrected chi connectivity index (χ1v) is 11.3. The van der Waals surface area contributed by atoms with E-state index in [0.29, 0.717) is 16.5 Å². The third-order valence-electron chi connectivity index (χ3n) is 5.38. The zero-order valence-corrected chi connectivity index (χ0v) is 18.8. The smallest absolute Gasteiger partial charge is 0.387 e. The fraction of sp³-hybridized carbons (Fsp3) is 0.409. The Morgan fingerprint density at radius 1 is 1.21 bits per heavy atom. The van der Waals surface area contributed by atoms with Crippen molar-refractivity contribution in [2.75, 3.05) is 25.1 Å². The first-order chi connectivity index (χ1) is 16.0. The van der Waals surface area contributed by atoms with Crippen LogP contribution in [0.2, 0.25) is 0 Å². The Morgan fingerprint density at radius 3 is 2.82 bits per heavy atom. The molecule has 2 atom stereocenters. The number of rotatable bonds is 10. The quantitative estimate of drug-likeness (QED) is 0.440. The molecular formula is C22H23F2N5O3S. The molecule has 2 aromatic heterocycles. The van der Waals surface area contributed by atoms with Gasteiger partial charge in [-0.2, -0.15) is 13.9 Å². The summed E-state index contributed by atoms with van der Waals surface area (Å²) >= 11 is 1.41. The lowest BCUT2D eigenvalue weighted by molar-refractivity contribution is -0.128. The number of halogens is 2. The Labute approximate surface area is 193 Å². The number of Topliss-reactive ketones (excluding diaryl/α,β-unsaturated/α-hetero) is 1. The van der Waals surface area contributed by atoms with Crippen molar-refractivity contribution >= 4 is 22.9 Å². The predicted molar refractivity (Wildman–Crippen MR) is 118 cm³/mol. The van der Waals surface area contributed by atoms with Crippen LogP contribution in [0.5, 0.6) is 5.75 Å². The number of carbonyl (C=O) groups excluding carboxylic acids is 1. The van der Waals surface area contributed by atoms with Crippen LogP contribution in [0, 0.1) is 5.92 Å². The van der Waals surface area contributed by atoms with E-state index in [4.69, 9.17) is 4.74 Å². The molecule has 0 radical (unpaired) electrons. The number of alkyl halides is 2. The molecule has 1 aliphatic rings.